The van der Waals surface area contributed by atoms with Crippen LogP contribution >= 0.6 is 11.3 Å². The van der Waals surface area contributed by atoms with E-state index >= 15 is 0 Å². The average Bonchev–Trinajstić information content (AvgIpc) is 3.10. The normalized spacial score (nSPS) is 10.8. The molecule has 0 atom stereocenters. The molecule has 3 heterocycles. The van der Waals surface area contributed by atoms with E-state index < -0.39 is 5.97 Å². The van der Waals surface area contributed by atoms with Gasteiger partial charge in [-0.3, -0.25) is 0 Å². The van der Waals surface area contributed by atoms with Gasteiger partial charge in [-0.1, -0.05) is 5.21 Å². The summed E-state index contributed by atoms with van der Waals surface area (Å²) in [6.45, 7) is 0.353. The van der Waals surface area contributed by atoms with Crippen LogP contribution in [0.1, 0.15) is 16.2 Å². The Labute approximate surface area is 117 Å². The highest BCUT2D eigenvalue weighted by Gasteiger charge is 2.23. The number of carboxylic acid groups (broad SMARTS) is 1. The van der Waals surface area contributed by atoms with Crippen molar-refractivity contribution in [2.75, 3.05) is 0 Å². The molecular weight excluding hydrogens is 280 g/mol. The molecule has 0 aromatic carbocycles. The minimum absolute atomic E-state index is 0.116. The highest BCUT2D eigenvalue weighted by molar-refractivity contribution is 7.07. The van der Waals surface area contributed by atoms with Crippen molar-refractivity contribution in [3.8, 4) is 11.5 Å². The minimum Gasteiger partial charge on any atom is -0.476 e. The predicted molar refractivity (Wildman–Crippen MR) is 70.4 cm³/mol. The molecule has 0 aliphatic carbocycles. The van der Waals surface area contributed by atoms with Crippen LogP contribution in [0.3, 0.4) is 0 Å². The van der Waals surface area contributed by atoms with Gasteiger partial charge in [0.15, 0.2) is 5.82 Å². The Morgan fingerprint density at radius 2 is 2.30 bits per heavy atom. The van der Waals surface area contributed by atoms with Gasteiger partial charge < -0.3 is 9.67 Å². The Morgan fingerprint density at radius 1 is 1.45 bits per heavy atom. The van der Waals surface area contributed by atoms with Crippen molar-refractivity contribution in [2.24, 2.45) is 7.05 Å². The monoisotopic (exact) mass is 290 g/mol. The quantitative estimate of drug-likeness (QED) is 0.766. The molecular formula is C11H10N6O2S. The number of hydrogen-bond acceptors (Lipinski definition) is 6. The summed E-state index contributed by atoms with van der Waals surface area (Å²) < 4.78 is 3.23. The lowest BCUT2D eigenvalue weighted by atomic mass is 10.3. The Hall–Kier alpha value is -2.55. The molecule has 8 nitrogen and oxygen atoms in total. The van der Waals surface area contributed by atoms with Crippen LogP contribution in [0, 0.1) is 0 Å². The molecule has 20 heavy (non-hydrogen) atoms. The molecule has 0 aliphatic heterocycles. The second-order valence-corrected chi connectivity index (χ2v) is 4.81. The van der Waals surface area contributed by atoms with Gasteiger partial charge >= 0.3 is 5.97 Å². The van der Waals surface area contributed by atoms with Crippen molar-refractivity contribution in [3.05, 3.63) is 34.7 Å². The molecule has 9 heteroatoms. The Morgan fingerprint density at radius 3 is 2.90 bits per heavy atom. The molecule has 0 spiro atoms. The topological polar surface area (TPSA) is 98.7 Å². The van der Waals surface area contributed by atoms with E-state index in [1.165, 1.54) is 16.0 Å². The SMILES string of the molecule is Cn1ccnc1-c1c(C(=O)O)nnn1Cc1cscn1. The number of imidazole rings is 1. The molecule has 3 aromatic rings. The number of carboxylic acids is 1. The molecule has 1 N–H and O–H groups in total. The number of aryl methyl sites for hydroxylation is 1. The third-order valence-electron chi connectivity index (χ3n) is 2.77. The summed E-state index contributed by atoms with van der Waals surface area (Å²) in [6.07, 6.45) is 3.34. The first-order chi connectivity index (χ1) is 9.66. The summed E-state index contributed by atoms with van der Waals surface area (Å²) in [4.78, 5) is 19.6. The molecule has 0 saturated carbocycles. The molecule has 0 aliphatic rings. The zero-order chi connectivity index (χ0) is 14.1. The van der Waals surface area contributed by atoms with Gasteiger partial charge in [0.1, 0.15) is 5.69 Å². The largest absolute Gasteiger partial charge is 0.476 e. The van der Waals surface area contributed by atoms with E-state index in [2.05, 4.69) is 20.3 Å². The van der Waals surface area contributed by atoms with Gasteiger partial charge in [0.25, 0.3) is 0 Å². The average molecular weight is 290 g/mol. The zero-order valence-electron chi connectivity index (χ0n) is 10.5. The van der Waals surface area contributed by atoms with Crippen molar-refractivity contribution < 1.29 is 9.90 Å². The van der Waals surface area contributed by atoms with Crippen LogP contribution in [0.25, 0.3) is 11.5 Å². The highest BCUT2D eigenvalue weighted by atomic mass is 32.1. The Bertz CT molecular complexity index is 745. The first-order valence-corrected chi connectivity index (χ1v) is 6.62. The lowest BCUT2D eigenvalue weighted by Crippen LogP contribution is -2.09. The number of aromatic carboxylic acids is 1. The van der Waals surface area contributed by atoms with Crippen molar-refractivity contribution >= 4 is 17.3 Å². The highest BCUT2D eigenvalue weighted by Crippen LogP contribution is 2.21. The van der Waals surface area contributed by atoms with E-state index in [0.29, 0.717) is 18.1 Å². The third kappa shape index (κ3) is 2.07. The van der Waals surface area contributed by atoms with Crippen molar-refractivity contribution in [1.29, 1.82) is 0 Å². The van der Waals surface area contributed by atoms with E-state index in [9.17, 15) is 9.90 Å². The van der Waals surface area contributed by atoms with E-state index in [1.807, 2.05) is 5.38 Å². The van der Waals surface area contributed by atoms with E-state index in [1.54, 1.807) is 29.5 Å². The van der Waals surface area contributed by atoms with Crippen molar-refractivity contribution in [1.82, 2.24) is 29.5 Å². The molecule has 0 unspecified atom stereocenters. The van der Waals surface area contributed by atoms with E-state index in [-0.39, 0.29) is 5.69 Å². The van der Waals surface area contributed by atoms with Crippen LogP contribution in [0.15, 0.2) is 23.3 Å². The summed E-state index contributed by atoms with van der Waals surface area (Å²) in [5.41, 5.74) is 2.77. The molecule has 3 rings (SSSR count). The number of carbonyl (C=O) groups is 1. The van der Waals surface area contributed by atoms with E-state index in [4.69, 9.17) is 0 Å². The number of rotatable bonds is 4. The fourth-order valence-electron chi connectivity index (χ4n) is 1.85. The van der Waals surface area contributed by atoms with Gasteiger partial charge in [-0.25, -0.2) is 19.4 Å². The fourth-order valence-corrected chi connectivity index (χ4v) is 2.40. The lowest BCUT2D eigenvalue weighted by molar-refractivity contribution is 0.0691. The number of hydrogen-bond donors (Lipinski definition) is 1. The van der Waals surface area contributed by atoms with Crippen molar-refractivity contribution in [3.63, 3.8) is 0 Å². The third-order valence-corrected chi connectivity index (χ3v) is 3.40. The van der Waals surface area contributed by atoms with Gasteiger partial charge in [0.05, 0.1) is 17.7 Å². The van der Waals surface area contributed by atoms with Crippen LogP contribution in [-0.2, 0) is 13.6 Å². The maximum Gasteiger partial charge on any atom is 0.358 e. The molecule has 0 fully saturated rings. The molecule has 0 radical (unpaired) electrons. The Balaban J connectivity index is 2.11. The lowest BCUT2D eigenvalue weighted by Gasteiger charge is -2.05. The second kappa shape index (κ2) is 4.85. The Kier molecular flexibility index (Phi) is 3.03. The van der Waals surface area contributed by atoms with Gasteiger partial charge in [-0.2, -0.15) is 0 Å². The van der Waals surface area contributed by atoms with Crippen LogP contribution in [0.2, 0.25) is 0 Å². The van der Waals surface area contributed by atoms with Crippen molar-refractivity contribution in [2.45, 2.75) is 6.54 Å². The second-order valence-electron chi connectivity index (χ2n) is 4.09. The fraction of sp³-hybridized carbons (Fsp3) is 0.182. The summed E-state index contributed by atoms with van der Waals surface area (Å²) in [6, 6.07) is 0. The maximum absolute atomic E-state index is 11.3. The summed E-state index contributed by atoms with van der Waals surface area (Å²) in [7, 11) is 1.79. The standard InChI is InChI=1S/C11H10N6O2S/c1-16-3-2-12-10(16)9-8(11(18)19)14-15-17(9)4-7-5-20-6-13-7/h2-3,5-6H,4H2,1H3,(H,18,19). The maximum atomic E-state index is 11.3. The minimum atomic E-state index is -1.13. The molecule has 102 valence electrons. The van der Waals surface area contributed by atoms with Crippen LogP contribution in [-0.4, -0.2) is 40.6 Å². The molecule has 0 bridgehead atoms. The summed E-state index contributed by atoms with van der Waals surface area (Å²) >= 11 is 1.47. The number of nitrogens with zero attached hydrogens (tertiary/aromatic N) is 6. The van der Waals surface area contributed by atoms with Crippen LogP contribution in [0.4, 0.5) is 0 Å². The van der Waals surface area contributed by atoms with Gasteiger partial charge in [0.2, 0.25) is 5.69 Å². The summed E-state index contributed by atoms with van der Waals surface area (Å²) in [5, 5.41) is 18.7. The van der Waals surface area contributed by atoms with E-state index in [0.717, 1.165) is 5.69 Å². The zero-order valence-corrected chi connectivity index (χ0v) is 11.3. The molecule has 3 aromatic heterocycles. The van der Waals surface area contributed by atoms with Gasteiger partial charge in [0, 0.05) is 24.8 Å². The van der Waals surface area contributed by atoms with Gasteiger partial charge in [-0.15, -0.1) is 16.4 Å². The molecule has 0 amide bonds. The van der Waals surface area contributed by atoms with Gasteiger partial charge in [-0.05, 0) is 0 Å². The predicted octanol–water partition coefficient (Wildman–Crippen LogP) is 0.882. The molecule has 0 saturated heterocycles. The summed E-state index contributed by atoms with van der Waals surface area (Å²) in [5.74, 6) is -0.629. The number of aromatic nitrogens is 6. The van der Waals surface area contributed by atoms with Crippen LogP contribution in [0.5, 0.6) is 0 Å². The first-order valence-electron chi connectivity index (χ1n) is 5.68. The van der Waals surface area contributed by atoms with Crippen LogP contribution < -0.4 is 0 Å². The number of thiazole rings is 1. The smallest absolute Gasteiger partial charge is 0.358 e. The first kappa shape index (κ1) is 12.5.